The number of nitrogens with one attached hydrogen (secondary N) is 1. The van der Waals surface area contributed by atoms with Gasteiger partial charge in [0.05, 0.1) is 11.5 Å². The largest absolute Gasteiger partial charge is 0.416 e. The number of hydrogen-bond acceptors (Lipinski definition) is 2. The molecule has 0 saturated carbocycles. The van der Waals surface area contributed by atoms with E-state index in [-0.39, 0.29) is 22.1 Å². The van der Waals surface area contributed by atoms with Gasteiger partial charge in [-0.2, -0.15) is 13.2 Å². The fourth-order valence-electron chi connectivity index (χ4n) is 1.98. The second kappa shape index (κ2) is 5.57. The maximum absolute atomic E-state index is 12.7. The number of anilines is 1. The Labute approximate surface area is 122 Å². The van der Waals surface area contributed by atoms with Crippen molar-refractivity contribution in [3.63, 3.8) is 0 Å². The Kier molecular flexibility index (Phi) is 4.19. The van der Waals surface area contributed by atoms with Crippen molar-refractivity contribution in [3.05, 3.63) is 40.4 Å². The fraction of sp³-hybridized carbons (Fsp3) is 0.308. The molecule has 2 rings (SSSR count). The second-order valence-corrected chi connectivity index (χ2v) is 5.52. The monoisotopic (exact) mass is 348 g/mol. The van der Waals surface area contributed by atoms with Crippen LogP contribution in [0.25, 0.3) is 0 Å². The molecule has 2 atom stereocenters. The molecule has 0 aromatic heterocycles. The third-order valence-corrected chi connectivity index (χ3v) is 3.40. The average Bonchev–Trinajstić information content (AvgIpc) is 2.74. The Morgan fingerprint density at radius 3 is 2.55 bits per heavy atom. The van der Waals surface area contributed by atoms with E-state index >= 15 is 0 Å². The first-order valence-corrected chi connectivity index (χ1v) is 6.67. The second-order valence-electron chi connectivity index (χ2n) is 4.61. The van der Waals surface area contributed by atoms with Gasteiger partial charge in [0.1, 0.15) is 0 Å². The lowest BCUT2D eigenvalue weighted by Gasteiger charge is -2.13. The van der Waals surface area contributed by atoms with E-state index in [2.05, 4.69) is 21.2 Å². The fourth-order valence-corrected chi connectivity index (χ4v) is 2.48. The van der Waals surface area contributed by atoms with E-state index in [0.29, 0.717) is 6.42 Å². The van der Waals surface area contributed by atoms with Crippen LogP contribution in [0.15, 0.2) is 34.8 Å². The number of hydrogen-bond donors (Lipinski definition) is 2. The van der Waals surface area contributed by atoms with Crippen molar-refractivity contribution in [1.29, 1.82) is 0 Å². The van der Waals surface area contributed by atoms with Crippen LogP contribution in [-0.4, -0.2) is 11.9 Å². The van der Waals surface area contributed by atoms with Gasteiger partial charge < -0.3 is 11.1 Å². The first-order chi connectivity index (χ1) is 9.25. The maximum atomic E-state index is 12.7. The van der Waals surface area contributed by atoms with Crippen LogP contribution in [0.5, 0.6) is 0 Å². The van der Waals surface area contributed by atoms with Gasteiger partial charge in [0, 0.05) is 16.2 Å². The van der Waals surface area contributed by atoms with Gasteiger partial charge in [-0.3, -0.25) is 4.79 Å². The van der Waals surface area contributed by atoms with Crippen molar-refractivity contribution in [2.24, 2.45) is 11.7 Å². The van der Waals surface area contributed by atoms with Crippen molar-refractivity contribution in [2.75, 3.05) is 5.32 Å². The highest BCUT2D eigenvalue weighted by Crippen LogP contribution is 2.33. The molecule has 20 heavy (non-hydrogen) atoms. The minimum Gasteiger partial charge on any atom is -0.326 e. The molecule has 0 spiro atoms. The number of alkyl halides is 3. The van der Waals surface area contributed by atoms with E-state index in [1.165, 1.54) is 6.07 Å². The molecule has 3 N–H and O–H groups in total. The zero-order valence-electron chi connectivity index (χ0n) is 10.2. The van der Waals surface area contributed by atoms with Crippen molar-refractivity contribution < 1.29 is 18.0 Å². The SMILES string of the molecule is NC1C=CC(C(=O)Nc2cc(Br)cc(C(F)(F)F)c2)C1. The Balaban J connectivity index is 2.15. The summed E-state index contributed by atoms with van der Waals surface area (Å²) >= 11 is 3.00. The molecule has 7 heteroatoms. The lowest BCUT2D eigenvalue weighted by atomic mass is 10.1. The Morgan fingerprint density at radius 1 is 1.30 bits per heavy atom. The molecule has 1 aliphatic rings. The van der Waals surface area contributed by atoms with Crippen LogP contribution in [-0.2, 0) is 11.0 Å². The molecular formula is C13H12BrF3N2O. The van der Waals surface area contributed by atoms with Crippen molar-refractivity contribution >= 4 is 27.5 Å². The summed E-state index contributed by atoms with van der Waals surface area (Å²) in [5.74, 6) is -0.765. The standard InChI is InChI=1S/C13H12BrF3N2O/c14-9-4-8(13(15,16)17)5-11(6-9)19-12(20)7-1-2-10(18)3-7/h1-2,4-7,10H,3,18H2,(H,19,20). The summed E-state index contributed by atoms with van der Waals surface area (Å²) < 4.78 is 38.3. The number of benzene rings is 1. The van der Waals surface area contributed by atoms with Gasteiger partial charge in [0.2, 0.25) is 5.91 Å². The summed E-state index contributed by atoms with van der Waals surface area (Å²) in [6.45, 7) is 0. The zero-order chi connectivity index (χ0) is 14.9. The molecule has 0 aliphatic heterocycles. The number of carbonyl (C=O) groups is 1. The lowest BCUT2D eigenvalue weighted by Crippen LogP contribution is -2.24. The molecule has 1 amide bonds. The molecule has 1 aromatic carbocycles. The van der Waals surface area contributed by atoms with Crippen LogP contribution in [0.2, 0.25) is 0 Å². The number of nitrogens with two attached hydrogens (primary N) is 1. The highest BCUT2D eigenvalue weighted by atomic mass is 79.9. The van der Waals surface area contributed by atoms with Gasteiger partial charge in [0.15, 0.2) is 0 Å². The lowest BCUT2D eigenvalue weighted by molar-refractivity contribution is -0.137. The van der Waals surface area contributed by atoms with E-state index in [1.54, 1.807) is 12.2 Å². The summed E-state index contributed by atoms with van der Waals surface area (Å²) in [6, 6.07) is 3.10. The molecule has 3 nitrogen and oxygen atoms in total. The highest BCUT2D eigenvalue weighted by molar-refractivity contribution is 9.10. The quantitative estimate of drug-likeness (QED) is 0.805. The Hall–Kier alpha value is -1.34. The van der Waals surface area contributed by atoms with Gasteiger partial charge in [-0.1, -0.05) is 28.1 Å². The number of rotatable bonds is 2. The Morgan fingerprint density at radius 2 is 2.00 bits per heavy atom. The topological polar surface area (TPSA) is 55.1 Å². The van der Waals surface area contributed by atoms with Crippen molar-refractivity contribution in [1.82, 2.24) is 0 Å². The van der Waals surface area contributed by atoms with E-state index in [4.69, 9.17) is 5.73 Å². The first kappa shape index (κ1) is 15.1. The van der Waals surface area contributed by atoms with Gasteiger partial charge in [-0.05, 0) is 24.6 Å². The zero-order valence-corrected chi connectivity index (χ0v) is 11.8. The van der Waals surface area contributed by atoms with Crippen LogP contribution in [0, 0.1) is 5.92 Å². The smallest absolute Gasteiger partial charge is 0.326 e. The molecule has 0 fully saturated rings. The van der Waals surface area contributed by atoms with Crippen LogP contribution in [0.4, 0.5) is 18.9 Å². The molecule has 0 saturated heterocycles. The minimum atomic E-state index is -4.46. The summed E-state index contributed by atoms with van der Waals surface area (Å²) in [4.78, 5) is 11.9. The summed E-state index contributed by atoms with van der Waals surface area (Å²) in [7, 11) is 0. The van der Waals surface area contributed by atoms with Crippen molar-refractivity contribution in [3.8, 4) is 0 Å². The number of carbonyl (C=O) groups excluding carboxylic acids is 1. The molecule has 0 heterocycles. The number of amides is 1. The van der Waals surface area contributed by atoms with E-state index in [0.717, 1.165) is 12.1 Å². The van der Waals surface area contributed by atoms with E-state index in [1.807, 2.05) is 0 Å². The normalized spacial score (nSPS) is 22.1. The predicted molar refractivity (Wildman–Crippen MR) is 73.0 cm³/mol. The van der Waals surface area contributed by atoms with Crippen LogP contribution in [0.3, 0.4) is 0 Å². The molecular weight excluding hydrogens is 337 g/mol. The minimum absolute atomic E-state index is 0.102. The van der Waals surface area contributed by atoms with Gasteiger partial charge in [0.25, 0.3) is 0 Å². The van der Waals surface area contributed by atoms with E-state index < -0.39 is 17.7 Å². The molecule has 108 valence electrons. The van der Waals surface area contributed by atoms with Crippen LogP contribution >= 0.6 is 15.9 Å². The molecule has 0 bridgehead atoms. The summed E-state index contributed by atoms with van der Waals surface area (Å²) in [6.07, 6.45) is -0.611. The third kappa shape index (κ3) is 3.61. The van der Waals surface area contributed by atoms with Gasteiger partial charge >= 0.3 is 6.18 Å². The first-order valence-electron chi connectivity index (χ1n) is 5.88. The van der Waals surface area contributed by atoms with Crippen molar-refractivity contribution in [2.45, 2.75) is 18.6 Å². The molecule has 2 unspecified atom stereocenters. The Bertz CT molecular complexity index is 557. The molecule has 0 radical (unpaired) electrons. The average molecular weight is 349 g/mol. The third-order valence-electron chi connectivity index (χ3n) is 2.95. The van der Waals surface area contributed by atoms with E-state index in [9.17, 15) is 18.0 Å². The van der Waals surface area contributed by atoms with Gasteiger partial charge in [-0.15, -0.1) is 0 Å². The predicted octanol–water partition coefficient (Wildman–Crippen LogP) is 3.31. The highest BCUT2D eigenvalue weighted by Gasteiger charge is 2.31. The summed E-state index contributed by atoms with van der Waals surface area (Å²) in [5.41, 5.74) is 4.92. The van der Waals surface area contributed by atoms with Crippen LogP contribution < -0.4 is 11.1 Å². The van der Waals surface area contributed by atoms with Gasteiger partial charge in [-0.25, -0.2) is 0 Å². The maximum Gasteiger partial charge on any atom is 0.416 e. The number of halogens is 4. The summed E-state index contributed by atoms with van der Waals surface area (Å²) in [5, 5.41) is 2.48. The molecule has 1 aliphatic carbocycles. The van der Waals surface area contributed by atoms with Crippen LogP contribution in [0.1, 0.15) is 12.0 Å². The molecule has 1 aromatic rings.